The molecule has 1 heterocycles. The van der Waals surface area contributed by atoms with E-state index in [-0.39, 0.29) is 12.5 Å². The number of hydrogen-bond donors (Lipinski definition) is 1. The van der Waals surface area contributed by atoms with Crippen molar-refractivity contribution in [2.75, 3.05) is 6.61 Å². The monoisotopic (exact) mass is 489 g/mol. The van der Waals surface area contributed by atoms with E-state index in [0.29, 0.717) is 5.75 Å². The number of ether oxygens (including phenoxy) is 1. The van der Waals surface area contributed by atoms with Gasteiger partial charge in [-0.2, -0.15) is 5.10 Å². The average Bonchev–Trinajstić information content (AvgIpc) is 3.05. The molecule has 1 N–H and O–H groups in total. The number of fused-ring (bicyclic) bond motifs is 1. The van der Waals surface area contributed by atoms with Crippen molar-refractivity contribution in [2.45, 2.75) is 20.4 Å². The summed E-state index contributed by atoms with van der Waals surface area (Å²) < 4.78 is 8.67. The number of nitrogens with one attached hydrogen (secondary N) is 1. The van der Waals surface area contributed by atoms with Crippen molar-refractivity contribution in [2.24, 2.45) is 5.10 Å². The number of carbonyl (C=O) groups excluding carboxylic acids is 1. The first kappa shape index (κ1) is 21.8. The lowest BCUT2D eigenvalue weighted by molar-refractivity contribution is -0.123. The Morgan fingerprint density at radius 1 is 1.06 bits per heavy atom. The molecule has 0 bridgehead atoms. The van der Waals surface area contributed by atoms with Crippen molar-refractivity contribution < 1.29 is 9.53 Å². The summed E-state index contributed by atoms with van der Waals surface area (Å²) in [5.74, 6) is 0.300. The zero-order chi connectivity index (χ0) is 22.5. The van der Waals surface area contributed by atoms with Crippen molar-refractivity contribution in [3.8, 4) is 5.75 Å². The SMILES string of the molecule is Cc1ccc(OCC(=O)N/N=C/c2c(C)n(Cc3ccccc3)c3ccccc23)c(Br)c1. The van der Waals surface area contributed by atoms with E-state index in [1.165, 1.54) is 5.56 Å². The average molecular weight is 490 g/mol. The Balaban J connectivity index is 1.47. The molecule has 162 valence electrons. The van der Waals surface area contributed by atoms with Crippen LogP contribution in [0.5, 0.6) is 5.75 Å². The molecule has 0 spiro atoms. The van der Waals surface area contributed by atoms with Gasteiger partial charge < -0.3 is 9.30 Å². The lowest BCUT2D eigenvalue weighted by atomic mass is 10.1. The van der Waals surface area contributed by atoms with E-state index >= 15 is 0 Å². The predicted molar refractivity (Wildman–Crippen MR) is 132 cm³/mol. The van der Waals surface area contributed by atoms with Crippen LogP contribution in [0.25, 0.3) is 10.9 Å². The Morgan fingerprint density at radius 3 is 2.59 bits per heavy atom. The number of nitrogens with zero attached hydrogens (tertiary/aromatic N) is 2. The summed E-state index contributed by atoms with van der Waals surface area (Å²) in [5.41, 5.74) is 8.11. The Bertz CT molecular complexity index is 1280. The third-order valence-corrected chi connectivity index (χ3v) is 5.91. The van der Waals surface area contributed by atoms with Crippen LogP contribution in [0, 0.1) is 13.8 Å². The molecular formula is C26H24BrN3O2. The first-order valence-corrected chi connectivity index (χ1v) is 11.1. The van der Waals surface area contributed by atoms with E-state index in [1.54, 1.807) is 6.21 Å². The van der Waals surface area contributed by atoms with Gasteiger partial charge in [0, 0.05) is 28.7 Å². The molecule has 6 heteroatoms. The fourth-order valence-corrected chi connectivity index (χ4v) is 4.27. The molecule has 0 unspecified atom stereocenters. The number of aryl methyl sites for hydroxylation is 1. The number of amides is 1. The number of hydrogen-bond acceptors (Lipinski definition) is 3. The molecule has 5 nitrogen and oxygen atoms in total. The summed E-state index contributed by atoms with van der Waals surface area (Å²) in [5, 5.41) is 5.29. The molecule has 32 heavy (non-hydrogen) atoms. The van der Waals surface area contributed by atoms with Crippen LogP contribution in [0.3, 0.4) is 0 Å². The first-order valence-electron chi connectivity index (χ1n) is 10.4. The summed E-state index contributed by atoms with van der Waals surface area (Å²) in [4.78, 5) is 12.2. The van der Waals surface area contributed by atoms with Gasteiger partial charge in [0.25, 0.3) is 5.91 Å². The van der Waals surface area contributed by atoms with Gasteiger partial charge in [0.1, 0.15) is 5.75 Å². The molecule has 1 aromatic heterocycles. The minimum atomic E-state index is -0.320. The molecule has 1 amide bonds. The normalized spacial score (nSPS) is 11.2. The number of carbonyl (C=O) groups is 1. The molecule has 0 atom stereocenters. The van der Waals surface area contributed by atoms with Gasteiger partial charge in [0.05, 0.1) is 10.7 Å². The van der Waals surface area contributed by atoms with Crippen LogP contribution >= 0.6 is 15.9 Å². The van der Waals surface area contributed by atoms with Gasteiger partial charge in [-0.05, 0) is 59.1 Å². The summed E-state index contributed by atoms with van der Waals surface area (Å²) in [6.45, 7) is 4.72. The Hall–Kier alpha value is -3.38. The van der Waals surface area contributed by atoms with Gasteiger partial charge in [0.15, 0.2) is 6.61 Å². The zero-order valence-electron chi connectivity index (χ0n) is 18.0. The predicted octanol–water partition coefficient (Wildman–Crippen LogP) is 5.60. The van der Waals surface area contributed by atoms with Crippen LogP contribution in [0.2, 0.25) is 0 Å². The van der Waals surface area contributed by atoms with Crippen LogP contribution in [0.1, 0.15) is 22.4 Å². The van der Waals surface area contributed by atoms with E-state index in [2.05, 4.69) is 62.2 Å². The molecular weight excluding hydrogens is 466 g/mol. The van der Waals surface area contributed by atoms with Crippen LogP contribution in [-0.4, -0.2) is 23.3 Å². The fourth-order valence-electron chi connectivity index (χ4n) is 3.66. The lowest BCUT2D eigenvalue weighted by Gasteiger charge is -2.08. The molecule has 0 radical (unpaired) electrons. The number of aromatic nitrogens is 1. The summed E-state index contributed by atoms with van der Waals surface area (Å²) in [7, 11) is 0. The van der Waals surface area contributed by atoms with Crippen LogP contribution in [0.4, 0.5) is 0 Å². The van der Waals surface area contributed by atoms with Crippen LogP contribution < -0.4 is 10.2 Å². The third kappa shape index (κ3) is 4.92. The van der Waals surface area contributed by atoms with Gasteiger partial charge in [-0.25, -0.2) is 5.43 Å². The standard InChI is InChI=1S/C26H24BrN3O2/c1-18-12-13-25(23(27)14-18)32-17-26(31)29-28-15-22-19(2)30(16-20-8-4-3-5-9-20)24-11-7-6-10-21(22)24/h3-15H,16-17H2,1-2H3,(H,29,31)/b28-15+. The Labute approximate surface area is 195 Å². The lowest BCUT2D eigenvalue weighted by Crippen LogP contribution is -2.24. The highest BCUT2D eigenvalue weighted by Crippen LogP contribution is 2.26. The molecule has 0 aliphatic carbocycles. The summed E-state index contributed by atoms with van der Waals surface area (Å²) in [6.07, 6.45) is 1.71. The Morgan fingerprint density at radius 2 is 1.81 bits per heavy atom. The minimum Gasteiger partial charge on any atom is -0.483 e. The second-order valence-corrected chi connectivity index (χ2v) is 8.46. The molecule has 0 fully saturated rings. The zero-order valence-corrected chi connectivity index (χ0v) is 19.6. The molecule has 3 aromatic carbocycles. The molecule has 0 saturated heterocycles. The maximum Gasteiger partial charge on any atom is 0.277 e. The summed E-state index contributed by atoms with van der Waals surface area (Å²) in [6, 6.07) is 24.3. The smallest absolute Gasteiger partial charge is 0.277 e. The van der Waals surface area contributed by atoms with E-state index < -0.39 is 0 Å². The van der Waals surface area contributed by atoms with Crippen LogP contribution in [0.15, 0.2) is 82.4 Å². The molecule has 4 rings (SSSR count). The highest BCUT2D eigenvalue weighted by atomic mass is 79.9. The Kier molecular flexibility index (Phi) is 6.71. The molecule has 0 aliphatic heterocycles. The van der Waals surface area contributed by atoms with Crippen molar-refractivity contribution in [1.82, 2.24) is 9.99 Å². The highest BCUT2D eigenvalue weighted by molar-refractivity contribution is 9.10. The number of hydrazone groups is 1. The number of para-hydroxylation sites is 1. The largest absolute Gasteiger partial charge is 0.483 e. The van der Waals surface area contributed by atoms with E-state index in [0.717, 1.165) is 38.7 Å². The highest BCUT2D eigenvalue weighted by Gasteiger charge is 2.13. The second kappa shape index (κ2) is 9.83. The molecule has 4 aromatic rings. The maximum absolute atomic E-state index is 12.2. The van der Waals surface area contributed by atoms with E-state index in [1.807, 2.05) is 55.5 Å². The number of benzene rings is 3. The van der Waals surface area contributed by atoms with Gasteiger partial charge in [-0.15, -0.1) is 0 Å². The topological polar surface area (TPSA) is 55.6 Å². The first-order chi connectivity index (χ1) is 15.5. The van der Waals surface area contributed by atoms with Gasteiger partial charge >= 0.3 is 0 Å². The summed E-state index contributed by atoms with van der Waals surface area (Å²) >= 11 is 3.45. The van der Waals surface area contributed by atoms with Gasteiger partial charge in [-0.3, -0.25) is 4.79 Å². The number of rotatable bonds is 7. The van der Waals surface area contributed by atoms with E-state index in [9.17, 15) is 4.79 Å². The molecule has 0 aliphatic rings. The third-order valence-electron chi connectivity index (χ3n) is 5.29. The van der Waals surface area contributed by atoms with Gasteiger partial charge in [0.2, 0.25) is 0 Å². The fraction of sp³-hybridized carbons (Fsp3) is 0.154. The molecule has 0 saturated carbocycles. The maximum atomic E-state index is 12.2. The van der Waals surface area contributed by atoms with Crippen molar-refractivity contribution in [3.63, 3.8) is 0 Å². The van der Waals surface area contributed by atoms with Crippen molar-refractivity contribution >= 4 is 39.0 Å². The van der Waals surface area contributed by atoms with E-state index in [4.69, 9.17) is 4.74 Å². The van der Waals surface area contributed by atoms with Crippen molar-refractivity contribution in [3.05, 3.63) is 99.7 Å². The van der Waals surface area contributed by atoms with Gasteiger partial charge in [-0.1, -0.05) is 54.6 Å². The van der Waals surface area contributed by atoms with Crippen molar-refractivity contribution in [1.29, 1.82) is 0 Å². The number of halogens is 1. The quantitative estimate of drug-likeness (QED) is 0.271. The second-order valence-electron chi connectivity index (χ2n) is 7.60. The van der Waals surface area contributed by atoms with Crippen LogP contribution in [-0.2, 0) is 11.3 Å². The minimum absolute atomic E-state index is 0.117.